The average molecular weight is 350 g/mol. The van der Waals surface area contributed by atoms with Crippen molar-refractivity contribution in [2.75, 3.05) is 13.1 Å². The lowest BCUT2D eigenvalue weighted by Gasteiger charge is -2.32. The van der Waals surface area contributed by atoms with Crippen LogP contribution in [0.15, 0.2) is 17.2 Å². The lowest BCUT2D eigenvalue weighted by Crippen LogP contribution is -2.45. The molecule has 0 aromatic carbocycles. The Morgan fingerprint density at radius 2 is 1.86 bits per heavy atom. The maximum Gasteiger partial charge on any atom is 0.242 e. The number of pyridine rings is 1. The third kappa shape index (κ3) is 3.68. The number of halogens is 2. The summed E-state index contributed by atoms with van der Waals surface area (Å²) in [6.07, 6.45) is 5.47. The van der Waals surface area contributed by atoms with Gasteiger partial charge in [-0.3, -0.25) is 0 Å². The Hall–Kier alpha value is -0.400. The molecule has 1 aliphatic carbocycles. The van der Waals surface area contributed by atoms with E-state index in [4.69, 9.17) is 23.2 Å². The summed E-state index contributed by atoms with van der Waals surface area (Å²) in [5.74, 6) is 0. The zero-order valence-corrected chi connectivity index (χ0v) is 13.8. The predicted molar refractivity (Wildman–Crippen MR) is 82.2 cm³/mol. The van der Waals surface area contributed by atoms with Crippen molar-refractivity contribution in [1.29, 1.82) is 0 Å². The van der Waals surface area contributed by atoms with E-state index in [2.05, 4.69) is 14.6 Å². The van der Waals surface area contributed by atoms with Crippen molar-refractivity contribution in [3.63, 3.8) is 0 Å². The first-order chi connectivity index (χ1) is 9.95. The van der Waals surface area contributed by atoms with Gasteiger partial charge in [-0.15, -0.1) is 0 Å². The van der Waals surface area contributed by atoms with Crippen molar-refractivity contribution in [1.82, 2.24) is 14.6 Å². The molecule has 1 aliphatic heterocycles. The number of sulfonamides is 1. The molecule has 2 aliphatic rings. The number of aromatic nitrogens is 1. The molecule has 1 N–H and O–H groups in total. The molecule has 0 atom stereocenters. The number of likely N-dealkylation sites (tertiary alicyclic amines) is 1. The van der Waals surface area contributed by atoms with Crippen LogP contribution in [0.5, 0.6) is 0 Å². The summed E-state index contributed by atoms with van der Waals surface area (Å²) in [6.45, 7) is 1.91. The third-order valence-corrected chi connectivity index (χ3v) is 6.17. The van der Waals surface area contributed by atoms with Crippen molar-refractivity contribution in [3.05, 3.63) is 22.4 Å². The minimum absolute atomic E-state index is 0.0283. The molecule has 0 spiro atoms. The van der Waals surface area contributed by atoms with E-state index in [1.165, 1.54) is 25.1 Å². The number of rotatable bonds is 4. The van der Waals surface area contributed by atoms with Gasteiger partial charge in [-0.25, -0.2) is 18.1 Å². The van der Waals surface area contributed by atoms with Gasteiger partial charge in [0.05, 0.1) is 5.02 Å². The first kappa shape index (κ1) is 15.5. The normalized spacial score (nSPS) is 21.6. The highest BCUT2D eigenvalue weighted by Gasteiger charge is 2.33. The maximum atomic E-state index is 12.3. The van der Waals surface area contributed by atoms with Gasteiger partial charge < -0.3 is 4.90 Å². The van der Waals surface area contributed by atoms with Crippen LogP contribution in [0.4, 0.5) is 0 Å². The van der Waals surface area contributed by atoms with Gasteiger partial charge in [0.1, 0.15) is 10.0 Å². The van der Waals surface area contributed by atoms with Gasteiger partial charge in [0.15, 0.2) is 0 Å². The van der Waals surface area contributed by atoms with Crippen molar-refractivity contribution >= 4 is 33.2 Å². The fourth-order valence-electron chi connectivity index (χ4n) is 2.66. The Labute approximate surface area is 134 Å². The standard InChI is InChI=1S/C13H17Cl2N3O2S/c14-12-7-11(8-16-13(12)15)21(19,20)17-9-3-5-18(6-4-9)10-1-2-10/h7-10,17H,1-6H2. The second-order valence-electron chi connectivity index (χ2n) is 5.61. The third-order valence-electron chi connectivity index (χ3n) is 4.00. The van der Waals surface area contributed by atoms with Crippen LogP contribution >= 0.6 is 23.2 Å². The topological polar surface area (TPSA) is 62.3 Å². The summed E-state index contributed by atoms with van der Waals surface area (Å²) in [6, 6.07) is 2.04. The predicted octanol–water partition coefficient (Wildman–Crippen LogP) is 2.29. The van der Waals surface area contributed by atoms with Gasteiger partial charge in [0.2, 0.25) is 10.0 Å². The zero-order chi connectivity index (χ0) is 15.0. The van der Waals surface area contributed by atoms with Crippen molar-refractivity contribution in [2.45, 2.75) is 42.7 Å². The van der Waals surface area contributed by atoms with Crippen LogP contribution in [0.1, 0.15) is 25.7 Å². The molecule has 21 heavy (non-hydrogen) atoms. The number of nitrogens with zero attached hydrogens (tertiary/aromatic N) is 2. The van der Waals surface area contributed by atoms with Crippen molar-refractivity contribution in [2.24, 2.45) is 0 Å². The van der Waals surface area contributed by atoms with E-state index < -0.39 is 10.0 Å². The Kier molecular flexibility index (Phi) is 4.43. The molecule has 0 radical (unpaired) electrons. The molecule has 1 saturated carbocycles. The molecular formula is C13H17Cl2N3O2S. The molecule has 1 aromatic rings. The smallest absolute Gasteiger partial charge is 0.242 e. The molecule has 8 heteroatoms. The van der Waals surface area contributed by atoms with Gasteiger partial charge in [-0.2, -0.15) is 0 Å². The van der Waals surface area contributed by atoms with Crippen LogP contribution in [0.2, 0.25) is 10.2 Å². The first-order valence-corrected chi connectivity index (χ1v) is 9.27. The largest absolute Gasteiger partial charge is 0.300 e. The number of hydrogen-bond donors (Lipinski definition) is 1. The molecule has 1 aromatic heterocycles. The lowest BCUT2D eigenvalue weighted by molar-refractivity contribution is 0.199. The summed E-state index contributed by atoms with van der Waals surface area (Å²) < 4.78 is 27.4. The van der Waals surface area contributed by atoms with Crippen molar-refractivity contribution in [3.8, 4) is 0 Å². The fraction of sp³-hybridized carbons (Fsp3) is 0.615. The molecule has 0 bridgehead atoms. The molecule has 2 fully saturated rings. The summed E-state index contributed by atoms with van der Waals surface area (Å²) >= 11 is 11.5. The highest BCUT2D eigenvalue weighted by Crippen LogP contribution is 2.29. The van der Waals surface area contributed by atoms with Crippen LogP contribution in [0.25, 0.3) is 0 Å². The van der Waals surface area contributed by atoms with E-state index in [0.717, 1.165) is 32.0 Å². The van der Waals surface area contributed by atoms with Gasteiger partial charge in [-0.05, 0) is 44.8 Å². The SMILES string of the molecule is O=S(=O)(NC1CCN(C2CC2)CC1)c1cnc(Cl)c(Cl)c1. The Balaban J connectivity index is 1.64. The Bertz CT molecular complexity index is 626. The second kappa shape index (κ2) is 6.01. The first-order valence-electron chi connectivity index (χ1n) is 7.03. The van der Waals surface area contributed by atoms with E-state index >= 15 is 0 Å². The minimum atomic E-state index is -3.60. The molecular weight excluding hydrogens is 333 g/mol. The molecule has 116 valence electrons. The van der Waals surface area contributed by atoms with E-state index in [1.54, 1.807) is 0 Å². The number of hydrogen-bond acceptors (Lipinski definition) is 4. The average Bonchev–Trinajstić information content (AvgIpc) is 3.27. The summed E-state index contributed by atoms with van der Waals surface area (Å²) in [4.78, 5) is 6.29. The summed E-state index contributed by atoms with van der Waals surface area (Å²) in [7, 11) is -3.60. The monoisotopic (exact) mass is 349 g/mol. The quantitative estimate of drug-likeness (QED) is 0.847. The molecule has 2 heterocycles. The molecule has 3 rings (SSSR count). The highest BCUT2D eigenvalue weighted by atomic mass is 35.5. The summed E-state index contributed by atoms with van der Waals surface area (Å²) in [5.41, 5.74) is 0. The van der Waals surface area contributed by atoms with Crippen LogP contribution in [-0.4, -0.2) is 43.5 Å². The van der Waals surface area contributed by atoms with E-state index in [1.807, 2.05) is 0 Å². The molecule has 5 nitrogen and oxygen atoms in total. The number of piperidine rings is 1. The van der Waals surface area contributed by atoms with Crippen LogP contribution in [0, 0.1) is 0 Å². The zero-order valence-electron chi connectivity index (χ0n) is 11.4. The summed E-state index contributed by atoms with van der Waals surface area (Å²) in [5, 5.41) is 0.247. The molecule has 1 saturated heterocycles. The maximum absolute atomic E-state index is 12.3. The van der Waals surface area contributed by atoms with Crippen LogP contribution in [-0.2, 0) is 10.0 Å². The lowest BCUT2D eigenvalue weighted by atomic mass is 10.1. The van der Waals surface area contributed by atoms with E-state index in [0.29, 0.717) is 0 Å². The van der Waals surface area contributed by atoms with Gasteiger partial charge >= 0.3 is 0 Å². The van der Waals surface area contributed by atoms with E-state index in [-0.39, 0.29) is 21.1 Å². The van der Waals surface area contributed by atoms with Gasteiger partial charge in [-0.1, -0.05) is 23.2 Å². The van der Waals surface area contributed by atoms with Gasteiger partial charge in [0, 0.05) is 18.3 Å². The van der Waals surface area contributed by atoms with Crippen LogP contribution in [0.3, 0.4) is 0 Å². The minimum Gasteiger partial charge on any atom is -0.300 e. The highest BCUT2D eigenvalue weighted by molar-refractivity contribution is 7.89. The Morgan fingerprint density at radius 1 is 1.19 bits per heavy atom. The fourth-order valence-corrected chi connectivity index (χ4v) is 4.27. The molecule has 0 unspecified atom stereocenters. The second-order valence-corrected chi connectivity index (χ2v) is 8.09. The molecule has 0 amide bonds. The van der Waals surface area contributed by atoms with Gasteiger partial charge in [0.25, 0.3) is 0 Å². The Morgan fingerprint density at radius 3 is 2.43 bits per heavy atom. The van der Waals surface area contributed by atoms with E-state index in [9.17, 15) is 8.42 Å². The number of nitrogens with one attached hydrogen (secondary N) is 1. The van der Waals surface area contributed by atoms with Crippen molar-refractivity contribution < 1.29 is 8.42 Å². The van der Waals surface area contributed by atoms with Crippen LogP contribution < -0.4 is 4.72 Å².